The van der Waals surface area contributed by atoms with Crippen molar-refractivity contribution in [1.29, 1.82) is 0 Å². The summed E-state index contributed by atoms with van der Waals surface area (Å²) in [6.07, 6.45) is 2.01. The summed E-state index contributed by atoms with van der Waals surface area (Å²) in [5.74, 6) is 1.08. The molecule has 0 unspecified atom stereocenters. The van der Waals surface area contributed by atoms with Crippen LogP contribution in [0.3, 0.4) is 0 Å². The number of fused-ring (bicyclic) bond motifs is 1. The van der Waals surface area contributed by atoms with Gasteiger partial charge in [0, 0.05) is 17.6 Å². The molecule has 3 rings (SSSR count). The minimum atomic E-state index is -0.178. The Morgan fingerprint density at radius 2 is 2.12 bits per heavy atom. The molecule has 6 nitrogen and oxygen atoms in total. The maximum Gasteiger partial charge on any atom is 0.265 e. The molecule has 0 atom stereocenters. The first kappa shape index (κ1) is 17.2. The molecule has 2 aliphatic heterocycles. The molecule has 1 N–H and O–H groups in total. The predicted molar refractivity (Wildman–Crippen MR) is 95.2 cm³/mol. The Labute approximate surface area is 150 Å². The van der Waals surface area contributed by atoms with Crippen molar-refractivity contribution in [3.8, 4) is 5.75 Å². The smallest absolute Gasteiger partial charge is 0.265 e. The molecule has 1 aromatic rings. The third-order valence-corrected chi connectivity index (χ3v) is 5.11. The van der Waals surface area contributed by atoms with E-state index in [4.69, 9.17) is 4.74 Å². The van der Waals surface area contributed by atoms with E-state index in [-0.39, 0.29) is 25.0 Å². The Balaban J connectivity index is 1.65. The lowest BCUT2D eigenvalue weighted by Gasteiger charge is -2.35. The van der Waals surface area contributed by atoms with Gasteiger partial charge in [-0.2, -0.15) is 0 Å². The molecule has 1 fully saturated rings. The maximum atomic E-state index is 12.6. The summed E-state index contributed by atoms with van der Waals surface area (Å²) in [4.78, 5) is 28.2. The van der Waals surface area contributed by atoms with Crippen LogP contribution in [-0.4, -0.2) is 56.5 Å². The third-order valence-electron chi connectivity index (χ3n) is 4.62. The highest BCUT2D eigenvalue weighted by Crippen LogP contribution is 2.34. The van der Waals surface area contributed by atoms with Gasteiger partial charge >= 0.3 is 0 Å². The highest BCUT2D eigenvalue weighted by atomic mass is 79.9. The summed E-state index contributed by atoms with van der Waals surface area (Å²) in [5.41, 5.74) is 0.660. The standard InChI is InChI=1S/C17H22BrN3O3/c1-19-9-12-4-6-20(7-5-12)16(22)10-21-14-3-2-13(18)8-15(14)24-11-17(21)23/h2-3,8,12,19H,4-7,9-11H2,1H3. The number of benzene rings is 1. The second kappa shape index (κ2) is 7.53. The minimum absolute atomic E-state index is 0.00188. The molecule has 7 heteroatoms. The second-order valence-corrected chi connectivity index (χ2v) is 7.18. The zero-order valence-corrected chi connectivity index (χ0v) is 15.3. The fourth-order valence-electron chi connectivity index (χ4n) is 3.26. The predicted octanol–water partition coefficient (Wildman–Crippen LogP) is 1.63. The summed E-state index contributed by atoms with van der Waals surface area (Å²) in [6, 6.07) is 5.48. The molecule has 1 aromatic carbocycles. The van der Waals surface area contributed by atoms with Crippen molar-refractivity contribution >= 4 is 33.4 Å². The molecule has 1 saturated heterocycles. The number of likely N-dealkylation sites (tertiary alicyclic amines) is 1. The van der Waals surface area contributed by atoms with Gasteiger partial charge in [-0.25, -0.2) is 0 Å². The summed E-state index contributed by atoms with van der Waals surface area (Å²) in [6.45, 7) is 2.56. The molecule has 2 amide bonds. The monoisotopic (exact) mass is 395 g/mol. The van der Waals surface area contributed by atoms with Gasteiger partial charge in [0.05, 0.1) is 5.69 Å². The van der Waals surface area contributed by atoms with E-state index in [2.05, 4.69) is 21.2 Å². The number of nitrogens with one attached hydrogen (secondary N) is 1. The van der Waals surface area contributed by atoms with Crippen LogP contribution in [-0.2, 0) is 9.59 Å². The van der Waals surface area contributed by atoms with Crippen LogP contribution in [0, 0.1) is 5.92 Å². The lowest BCUT2D eigenvalue weighted by molar-refractivity contribution is -0.133. The van der Waals surface area contributed by atoms with E-state index in [9.17, 15) is 9.59 Å². The average Bonchev–Trinajstić information content (AvgIpc) is 2.58. The lowest BCUT2D eigenvalue weighted by Crippen LogP contribution is -2.48. The summed E-state index contributed by atoms with van der Waals surface area (Å²) in [7, 11) is 1.96. The molecular formula is C17H22BrN3O3. The quantitative estimate of drug-likeness (QED) is 0.841. The largest absolute Gasteiger partial charge is 0.482 e. The van der Waals surface area contributed by atoms with Gasteiger partial charge in [0.2, 0.25) is 5.91 Å². The van der Waals surface area contributed by atoms with E-state index in [1.807, 2.05) is 30.1 Å². The SMILES string of the molecule is CNCC1CCN(C(=O)CN2C(=O)COc3cc(Br)ccc32)CC1. The Morgan fingerprint density at radius 3 is 2.83 bits per heavy atom. The molecule has 0 aromatic heterocycles. The average molecular weight is 396 g/mol. The first-order chi connectivity index (χ1) is 11.6. The van der Waals surface area contributed by atoms with Crippen molar-refractivity contribution in [2.24, 2.45) is 5.92 Å². The van der Waals surface area contributed by atoms with Crippen molar-refractivity contribution < 1.29 is 14.3 Å². The van der Waals surface area contributed by atoms with E-state index in [0.29, 0.717) is 17.4 Å². The number of halogens is 1. The summed E-state index contributed by atoms with van der Waals surface area (Å²) < 4.78 is 6.34. The summed E-state index contributed by atoms with van der Waals surface area (Å²) >= 11 is 3.39. The van der Waals surface area contributed by atoms with Gasteiger partial charge in [-0.15, -0.1) is 0 Å². The Kier molecular flexibility index (Phi) is 5.40. The van der Waals surface area contributed by atoms with Gasteiger partial charge in [-0.05, 0) is 50.6 Å². The highest BCUT2D eigenvalue weighted by molar-refractivity contribution is 9.10. The number of hydrogen-bond acceptors (Lipinski definition) is 4. The van der Waals surface area contributed by atoms with Crippen molar-refractivity contribution in [3.63, 3.8) is 0 Å². The van der Waals surface area contributed by atoms with Crippen LogP contribution in [0.4, 0.5) is 5.69 Å². The zero-order valence-electron chi connectivity index (χ0n) is 13.8. The fourth-order valence-corrected chi connectivity index (χ4v) is 3.60. The van der Waals surface area contributed by atoms with Gasteiger partial charge in [-0.1, -0.05) is 15.9 Å². The first-order valence-electron chi connectivity index (χ1n) is 8.23. The Morgan fingerprint density at radius 1 is 1.38 bits per heavy atom. The van der Waals surface area contributed by atoms with E-state index in [0.717, 1.165) is 36.9 Å². The van der Waals surface area contributed by atoms with Crippen LogP contribution in [0.2, 0.25) is 0 Å². The number of nitrogens with zero attached hydrogens (tertiary/aromatic N) is 2. The minimum Gasteiger partial charge on any atom is -0.482 e. The Bertz CT molecular complexity index is 630. The number of carbonyl (C=O) groups excluding carboxylic acids is 2. The lowest BCUT2D eigenvalue weighted by atomic mass is 9.97. The topological polar surface area (TPSA) is 61.9 Å². The van der Waals surface area contributed by atoms with Gasteiger partial charge in [0.1, 0.15) is 12.3 Å². The summed E-state index contributed by atoms with van der Waals surface area (Å²) in [5, 5.41) is 3.19. The van der Waals surface area contributed by atoms with Crippen LogP contribution in [0.25, 0.3) is 0 Å². The molecule has 2 heterocycles. The molecule has 0 saturated carbocycles. The fraction of sp³-hybridized carbons (Fsp3) is 0.529. The molecule has 130 valence electrons. The number of hydrogen-bond donors (Lipinski definition) is 1. The highest BCUT2D eigenvalue weighted by Gasteiger charge is 2.30. The zero-order chi connectivity index (χ0) is 17.1. The second-order valence-electron chi connectivity index (χ2n) is 6.26. The molecule has 0 radical (unpaired) electrons. The molecule has 0 bridgehead atoms. The molecule has 0 aliphatic carbocycles. The van der Waals surface area contributed by atoms with Crippen LogP contribution in [0.1, 0.15) is 12.8 Å². The number of ether oxygens (including phenoxy) is 1. The van der Waals surface area contributed by atoms with Crippen molar-refractivity contribution in [3.05, 3.63) is 22.7 Å². The third kappa shape index (κ3) is 3.72. The number of anilines is 1. The number of piperidine rings is 1. The number of rotatable bonds is 4. The van der Waals surface area contributed by atoms with Crippen LogP contribution in [0.15, 0.2) is 22.7 Å². The molecule has 2 aliphatic rings. The van der Waals surface area contributed by atoms with Crippen LogP contribution < -0.4 is 15.0 Å². The van der Waals surface area contributed by atoms with Gasteiger partial charge in [0.15, 0.2) is 6.61 Å². The van der Waals surface area contributed by atoms with E-state index < -0.39 is 0 Å². The van der Waals surface area contributed by atoms with E-state index in [1.165, 1.54) is 4.90 Å². The normalized spacial score (nSPS) is 18.3. The first-order valence-corrected chi connectivity index (χ1v) is 9.03. The van der Waals surface area contributed by atoms with Crippen LogP contribution in [0.5, 0.6) is 5.75 Å². The number of carbonyl (C=O) groups is 2. The van der Waals surface area contributed by atoms with Crippen molar-refractivity contribution in [2.75, 3.05) is 44.7 Å². The van der Waals surface area contributed by atoms with Crippen molar-refractivity contribution in [1.82, 2.24) is 10.2 Å². The van der Waals surface area contributed by atoms with Gasteiger partial charge in [0.25, 0.3) is 5.91 Å². The Hall–Kier alpha value is -1.60. The molecule has 24 heavy (non-hydrogen) atoms. The molecular weight excluding hydrogens is 374 g/mol. The maximum absolute atomic E-state index is 12.6. The van der Waals surface area contributed by atoms with E-state index in [1.54, 1.807) is 0 Å². The molecule has 0 spiro atoms. The van der Waals surface area contributed by atoms with E-state index >= 15 is 0 Å². The van der Waals surface area contributed by atoms with Gasteiger partial charge < -0.3 is 15.0 Å². The van der Waals surface area contributed by atoms with Gasteiger partial charge in [-0.3, -0.25) is 14.5 Å². The van der Waals surface area contributed by atoms with Crippen LogP contribution >= 0.6 is 15.9 Å². The number of amides is 2. The van der Waals surface area contributed by atoms with Crippen molar-refractivity contribution in [2.45, 2.75) is 12.8 Å².